The smallest absolute Gasteiger partial charge is 0.325 e. The van der Waals surface area contributed by atoms with Gasteiger partial charge in [-0.05, 0) is 63.1 Å². The molecule has 1 aromatic heterocycles. The molecule has 1 atom stereocenters. The number of aromatic nitrogens is 1. The van der Waals surface area contributed by atoms with E-state index < -0.39 is 17.5 Å². The Hall–Kier alpha value is -3.87. The SMILES string of the molecule is Cc1ccc(-n2c(C)cc(C(=O)CN3C(=O)N[C@]4(CCOc5ccccc54)C3=O)c2C)cc1C. The van der Waals surface area contributed by atoms with Crippen molar-refractivity contribution in [2.24, 2.45) is 0 Å². The minimum Gasteiger partial charge on any atom is -0.493 e. The average Bonchev–Trinajstić information content (AvgIpc) is 3.24. The number of carbonyl (C=O) groups excluding carboxylic acids is 3. The topological polar surface area (TPSA) is 80.6 Å². The number of amides is 3. The molecule has 2 aliphatic rings. The number of carbonyl (C=O) groups is 3. The predicted molar refractivity (Wildman–Crippen MR) is 128 cm³/mol. The highest BCUT2D eigenvalue weighted by atomic mass is 16.5. The molecular weight excluding hydrogens is 430 g/mol. The third-order valence-corrected chi connectivity index (χ3v) is 7.04. The van der Waals surface area contributed by atoms with Crippen LogP contribution in [-0.2, 0) is 10.3 Å². The number of benzene rings is 2. The van der Waals surface area contributed by atoms with Crippen LogP contribution in [-0.4, -0.2) is 40.3 Å². The molecule has 3 amide bonds. The Bertz CT molecular complexity index is 1360. The fourth-order valence-corrected chi connectivity index (χ4v) is 5.05. The zero-order valence-electron chi connectivity index (χ0n) is 19.8. The third kappa shape index (κ3) is 3.22. The van der Waals surface area contributed by atoms with Gasteiger partial charge in [-0.15, -0.1) is 0 Å². The summed E-state index contributed by atoms with van der Waals surface area (Å²) in [7, 11) is 0. The molecule has 0 saturated carbocycles. The highest BCUT2D eigenvalue weighted by Crippen LogP contribution is 2.41. The largest absolute Gasteiger partial charge is 0.493 e. The predicted octanol–water partition coefficient (Wildman–Crippen LogP) is 4.12. The molecule has 0 radical (unpaired) electrons. The zero-order valence-corrected chi connectivity index (χ0v) is 19.8. The summed E-state index contributed by atoms with van der Waals surface area (Å²) >= 11 is 0. The van der Waals surface area contributed by atoms with Gasteiger partial charge in [-0.1, -0.05) is 24.3 Å². The van der Waals surface area contributed by atoms with Gasteiger partial charge in [0.25, 0.3) is 5.91 Å². The quantitative estimate of drug-likeness (QED) is 0.472. The van der Waals surface area contributed by atoms with Crippen molar-refractivity contribution in [3.05, 3.63) is 82.2 Å². The Morgan fingerprint density at radius 1 is 1.03 bits per heavy atom. The van der Waals surface area contributed by atoms with Crippen LogP contribution < -0.4 is 10.1 Å². The number of Topliss-reactive ketones (excluding diaryl/α,β-unsaturated/α-hetero) is 1. The van der Waals surface area contributed by atoms with Crippen molar-refractivity contribution in [3.63, 3.8) is 0 Å². The van der Waals surface area contributed by atoms with Gasteiger partial charge in [0.15, 0.2) is 11.3 Å². The molecule has 34 heavy (non-hydrogen) atoms. The summed E-state index contributed by atoms with van der Waals surface area (Å²) in [6, 6.07) is 14.6. The maximum Gasteiger partial charge on any atom is 0.325 e. The lowest BCUT2D eigenvalue weighted by molar-refractivity contribution is -0.132. The van der Waals surface area contributed by atoms with Gasteiger partial charge in [-0.2, -0.15) is 0 Å². The molecular formula is C27H27N3O4. The van der Waals surface area contributed by atoms with Gasteiger partial charge in [0.2, 0.25) is 0 Å². The van der Waals surface area contributed by atoms with E-state index in [0.717, 1.165) is 22.0 Å². The fraction of sp³-hybridized carbons (Fsp3) is 0.296. The first-order valence-electron chi connectivity index (χ1n) is 11.4. The minimum atomic E-state index is -1.19. The summed E-state index contributed by atoms with van der Waals surface area (Å²) in [6.45, 7) is 7.94. The lowest BCUT2D eigenvalue weighted by atomic mass is 9.84. The lowest BCUT2D eigenvalue weighted by Crippen LogP contribution is -2.47. The summed E-state index contributed by atoms with van der Waals surface area (Å²) in [5, 5.41) is 2.85. The second kappa shape index (κ2) is 7.87. The van der Waals surface area contributed by atoms with E-state index in [1.807, 2.05) is 42.7 Å². The van der Waals surface area contributed by atoms with E-state index in [1.54, 1.807) is 12.1 Å². The highest BCUT2D eigenvalue weighted by molar-refractivity contribution is 6.12. The van der Waals surface area contributed by atoms with Gasteiger partial charge in [0.1, 0.15) is 5.75 Å². The number of ketones is 1. The molecule has 0 bridgehead atoms. The molecule has 7 nitrogen and oxygen atoms in total. The molecule has 2 aromatic carbocycles. The number of para-hydroxylation sites is 1. The number of nitrogens with zero attached hydrogens (tertiary/aromatic N) is 2. The first-order valence-corrected chi connectivity index (χ1v) is 11.4. The van der Waals surface area contributed by atoms with Crippen LogP contribution >= 0.6 is 0 Å². The zero-order chi connectivity index (χ0) is 24.2. The number of urea groups is 1. The number of hydrogen-bond acceptors (Lipinski definition) is 4. The molecule has 1 N–H and O–H groups in total. The first kappa shape index (κ1) is 21.9. The number of aryl methyl sites for hydroxylation is 3. The number of nitrogens with one attached hydrogen (secondary N) is 1. The van der Waals surface area contributed by atoms with E-state index in [0.29, 0.717) is 29.9 Å². The summed E-state index contributed by atoms with van der Waals surface area (Å²) in [5.74, 6) is -0.110. The summed E-state index contributed by atoms with van der Waals surface area (Å²) in [4.78, 5) is 40.7. The molecule has 0 aliphatic carbocycles. The highest BCUT2D eigenvalue weighted by Gasteiger charge is 2.55. The molecule has 5 rings (SSSR count). The summed E-state index contributed by atoms with van der Waals surface area (Å²) < 4.78 is 7.71. The van der Waals surface area contributed by atoms with Crippen molar-refractivity contribution in [1.29, 1.82) is 0 Å². The number of rotatable bonds is 4. The standard InChI is InChI=1S/C27H27N3O4/c1-16-9-10-20(13-17(16)2)30-18(3)14-21(19(30)4)23(31)15-29-25(32)27(28-26(29)33)11-12-34-24-8-6-5-7-22(24)27/h5-10,13-14H,11-12,15H2,1-4H3,(H,28,33)/t27-/m0/s1. The number of imide groups is 1. The van der Waals surface area contributed by atoms with Crippen LogP contribution in [0.1, 0.15) is 44.9 Å². The van der Waals surface area contributed by atoms with Gasteiger partial charge in [0.05, 0.1) is 13.2 Å². The molecule has 7 heteroatoms. The van der Waals surface area contributed by atoms with Gasteiger partial charge in [0, 0.05) is 34.6 Å². The number of hydrogen-bond donors (Lipinski definition) is 1. The van der Waals surface area contributed by atoms with Crippen molar-refractivity contribution in [2.75, 3.05) is 13.2 Å². The molecule has 0 unspecified atom stereocenters. The molecule has 1 fully saturated rings. The van der Waals surface area contributed by atoms with E-state index >= 15 is 0 Å². The van der Waals surface area contributed by atoms with Crippen molar-refractivity contribution in [1.82, 2.24) is 14.8 Å². The average molecular weight is 458 g/mol. The van der Waals surface area contributed by atoms with Crippen LogP contribution in [0, 0.1) is 27.7 Å². The second-order valence-electron chi connectivity index (χ2n) is 9.13. The lowest BCUT2D eigenvalue weighted by Gasteiger charge is -2.33. The van der Waals surface area contributed by atoms with Crippen LogP contribution in [0.4, 0.5) is 4.79 Å². The van der Waals surface area contributed by atoms with Crippen LogP contribution in [0.3, 0.4) is 0 Å². The Kier molecular flexibility index (Phi) is 5.08. The normalized spacial score (nSPS) is 19.2. The van der Waals surface area contributed by atoms with E-state index in [2.05, 4.69) is 31.3 Å². The molecule has 1 spiro atoms. The summed E-state index contributed by atoms with van der Waals surface area (Å²) in [5.41, 5.74) is 4.98. The van der Waals surface area contributed by atoms with Gasteiger partial charge < -0.3 is 14.6 Å². The second-order valence-corrected chi connectivity index (χ2v) is 9.13. The maximum atomic E-state index is 13.5. The molecule has 3 heterocycles. The summed E-state index contributed by atoms with van der Waals surface area (Å²) in [6.07, 6.45) is 0.320. The van der Waals surface area contributed by atoms with Crippen LogP contribution in [0.5, 0.6) is 5.75 Å². The number of fused-ring (bicyclic) bond motifs is 2. The molecule has 3 aromatic rings. The van der Waals surface area contributed by atoms with Gasteiger partial charge in [-0.3, -0.25) is 14.5 Å². The molecule has 1 saturated heterocycles. The molecule has 2 aliphatic heterocycles. The van der Waals surface area contributed by atoms with E-state index in [4.69, 9.17) is 4.74 Å². The van der Waals surface area contributed by atoms with Crippen LogP contribution in [0.25, 0.3) is 5.69 Å². The first-order chi connectivity index (χ1) is 16.2. The Morgan fingerprint density at radius 3 is 2.56 bits per heavy atom. The Labute approximate surface area is 198 Å². The van der Waals surface area contributed by atoms with E-state index in [-0.39, 0.29) is 12.3 Å². The van der Waals surface area contributed by atoms with Crippen molar-refractivity contribution in [2.45, 2.75) is 39.7 Å². The van der Waals surface area contributed by atoms with E-state index in [9.17, 15) is 14.4 Å². The Balaban J connectivity index is 1.44. The van der Waals surface area contributed by atoms with Crippen LogP contribution in [0.15, 0.2) is 48.5 Å². The monoisotopic (exact) mass is 457 g/mol. The van der Waals surface area contributed by atoms with E-state index in [1.165, 1.54) is 11.1 Å². The Morgan fingerprint density at radius 2 is 1.79 bits per heavy atom. The van der Waals surface area contributed by atoms with Crippen molar-refractivity contribution >= 4 is 17.7 Å². The minimum absolute atomic E-state index is 0.274. The third-order valence-electron chi connectivity index (χ3n) is 7.04. The van der Waals surface area contributed by atoms with Crippen LogP contribution in [0.2, 0.25) is 0 Å². The maximum absolute atomic E-state index is 13.5. The van der Waals surface area contributed by atoms with Gasteiger partial charge in [-0.25, -0.2) is 4.79 Å². The van der Waals surface area contributed by atoms with Gasteiger partial charge >= 0.3 is 6.03 Å². The van der Waals surface area contributed by atoms with Crippen molar-refractivity contribution in [3.8, 4) is 11.4 Å². The molecule has 174 valence electrons. The fourth-order valence-electron chi connectivity index (χ4n) is 5.05. The van der Waals surface area contributed by atoms with Crippen molar-refractivity contribution < 1.29 is 19.1 Å². The number of ether oxygens (including phenoxy) is 1.